The van der Waals surface area contributed by atoms with Crippen LogP contribution in [0.2, 0.25) is 0 Å². The maximum atomic E-state index is 12.6. The van der Waals surface area contributed by atoms with Crippen LogP contribution >= 0.6 is 0 Å². The average Bonchev–Trinajstić information content (AvgIpc) is 2.60. The fourth-order valence-electron chi connectivity index (χ4n) is 2.41. The summed E-state index contributed by atoms with van der Waals surface area (Å²) in [5, 5.41) is 6.25. The van der Waals surface area contributed by atoms with E-state index in [1.165, 1.54) is 0 Å². The first-order valence-corrected chi connectivity index (χ1v) is 8.49. The maximum absolute atomic E-state index is 12.6. The van der Waals surface area contributed by atoms with Crippen LogP contribution in [-0.4, -0.2) is 25.7 Å². The molecule has 0 radical (unpaired) electrons. The molecule has 0 fully saturated rings. The zero-order valence-corrected chi connectivity index (χ0v) is 15.3. The predicted octanol–water partition coefficient (Wildman–Crippen LogP) is 3.84. The lowest BCUT2D eigenvalue weighted by atomic mass is 10.1. The summed E-state index contributed by atoms with van der Waals surface area (Å²) in [7, 11) is 1.57. The molecular weight excluding hydrogens is 316 g/mol. The number of ether oxygens (including phenoxy) is 2. The molecule has 0 aliphatic rings. The Labute approximate surface area is 149 Å². The van der Waals surface area contributed by atoms with Crippen LogP contribution < -0.4 is 20.1 Å². The fourth-order valence-corrected chi connectivity index (χ4v) is 2.41. The molecule has 0 saturated carbocycles. The van der Waals surface area contributed by atoms with Crippen molar-refractivity contribution in [1.82, 2.24) is 5.32 Å². The fraction of sp³-hybridized carbons (Fsp3) is 0.350. The Balaban J connectivity index is 2.18. The van der Waals surface area contributed by atoms with Gasteiger partial charge in [0, 0.05) is 17.8 Å². The number of amides is 1. The first-order valence-electron chi connectivity index (χ1n) is 8.49. The van der Waals surface area contributed by atoms with Gasteiger partial charge in [0.1, 0.15) is 0 Å². The second-order valence-corrected chi connectivity index (χ2v) is 5.92. The molecule has 134 valence electrons. The molecule has 5 nitrogen and oxygen atoms in total. The van der Waals surface area contributed by atoms with Gasteiger partial charge < -0.3 is 20.1 Å². The molecule has 0 saturated heterocycles. The van der Waals surface area contributed by atoms with Gasteiger partial charge in [-0.15, -0.1) is 0 Å². The zero-order valence-electron chi connectivity index (χ0n) is 15.3. The zero-order chi connectivity index (χ0) is 18.2. The lowest BCUT2D eigenvalue weighted by molar-refractivity contribution is 0.102. The van der Waals surface area contributed by atoms with Crippen molar-refractivity contribution < 1.29 is 14.3 Å². The Morgan fingerprint density at radius 1 is 1.12 bits per heavy atom. The van der Waals surface area contributed by atoms with E-state index in [4.69, 9.17) is 9.47 Å². The minimum absolute atomic E-state index is 0.0338. The van der Waals surface area contributed by atoms with Crippen LogP contribution in [0.4, 0.5) is 5.69 Å². The van der Waals surface area contributed by atoms with Gasteiger partial charge in [-0.25, -0.2) is 0 Å². The molecule has 0 unspecified atom stereocenters. The van der Waals surface area contributed by atoms with Crippen LogP contribution in [0.1, 0.15) is 36.7 Å². The minimum atomic E-state index is -0.182. The van der Waals surface area contributed by atoms with Gasteiger partial charge in [0.05, 0.1) is 13.2 Å². The summed E-state index contributed by atoms with van der Waals surface area (Å²) >= 11 is 0. The van der Waals surface area contributed by atoms with E-state index in [0.29, 0.717) is 23.6 Å². The van der Waals surface area contributed by atoms with E-state index >= 15 is 0 Å². The molecular formula is C20H26N2O3. The second-order valence-electron chi connectivity index (χ2n) is 5.92. The minimum Gasteiger partial charge on any atom is -0.493 e. The van der Waals surface area contributed by atoms with E-state index in [1.54, 1.807) is 25.3 Å². The summed E-state index contributed by atoms with van der Waals surface area (Å²) in [4.78, 5) is 12.6. The third kappa shape index (κ3) is 5.22. The molecule has 0 aromatic heterocycles. The highest BCUT2D eigenvalue weighted by Crippen LogP contribution is 2.29. The SMILES string of the molecule is CCNCc1ccccc1NC(=O)c1ccc(OC(C)C)c(OC)c1. The van der Waals surface area contributed by atoms with Gasteiger partial charge >= 0.3 is 0 Å². The van der Waals surface area contributed by atoms with Crippen LogP contribution in [0, 0.1) is 0 Å². The van der Waals surface area contributed by atoms with Crippen molar-refractivity contribution in [2.45, 2.75) is 33.4 Å². The van der Waals surface area contributed by atoms with Crippen LogP contribution in [0.3, 0.4) is 0 Å². The molecule has 0 atom stereocenters. The van der Waals surface area contributed by atoms with Gasteiger partial charge in [0.15, 0.2) is 11.5 Å². The number of rotatable bonds is 8. The monoisotopic (exact) mass is 342 g/mol. The number of benzene rings is 2. The largest absolute Gasteiger partial charge is 0.493 e. The van der Waals surface area contributed by atoms with Crippen LogP contribution in [0.25, 0.3) is 0 Å². The number of carbonyl (C=O) groups excluding carboxylic acids is 1. The van der Waals surface area contributed by atoms with Crippen molar-refractivity contribution in [3.63, 3.8) is 0 Å². The third-order valence-electron chi connectivity index (χ3n) is 3.62. The molecule has 0 spiro atoms. The number of carbonyl (C=O) groups is 1. The lowest BCUT2D eigenvalue weighted by Crippen LogP contribution is -2.17. The van der Waals surface area contributed by atoms with Crippen molar-refractivity contribution >= 4 is 11.6 Å². The molecule has 2 aromatic rings. The van der Waals surface area contributed by atoms with Crippen molar-refractivity contribution in [2.75, 3.05) is 19.0 Å². The van der Waals surface area contributed by atoms with Crippen molar-refractivity contribution in [2.24, 2.45) is 0 Å². The van der Waals surface area contributed by atoms with E-state index in [9.17, 15) is 4.79 Å². The number of methoxy groups -OCH3 is 1. The van der Waals surface area contributed by atoms with Crippen molar-refractivity contribution in [3.8, 4) is 11.5 Å². The summed E-state index contributed by atoms with van der Waals surface area (Å²) in [6, 6.07) is 13.0. The number of nitrogens with one attached hydrogen (secondary N) is 2. The van der Waals surface area contributed by atoms with E-state index < -0.39 is 0 Å². The van der Waals surface area contributed by atoms with Gasteiger partial charge in [0.25, 0.3) is 5.91 Å². The average molecular weight is 342 g/mol. The first-order chi connectivity index (χ1) is 12.0. The predicted molar refractivity (Wildman–Crippen MR) is 101 cm³/mol. The highest BCUT2D eigenvalue weighted by molar-refractivity contribution is 6.05. The first kappa shape index (κ1) is 18.8. The molecule has 0 aliphatic heterocycles. The Hall–Kier alpha value is -2.53. The highest BCUT2D eigenvalue weighted by Gasteiger charge is 2.13. The van der Waals surface area contributed by atoms with Gasteiger partial charge in [-0.2, -0.15) is 0 Å². The highest BCUT2D eigenvalue weighted by atomic mass is 16.5. The topological polar surface area (TPSA) is 59.6 Å². The van der Waals surface area contributed by atoms with Crippen LogP contribution in [0.15, 0.2) is 42.5 Å². The normalized spacial score (nSPS) is 10.6. The Kier molecular flexibility index (Phi) is 6.83. The summed E-state index contributed by atoms with van der Waals surface area (Å²) in [5.74, 6) is 0.988. The van der Waals surface area contributed by atoms with E-state index in [2.05, 4.69) is 10.6 Å². The number of para-hydroxylation sites is 1. The summed E-state index contributed by atoms with van der Waals surface area (Å²) < 4.78 is 11.0. The Bertz CT molecular complexity index is 714. The van der Waals surface area contributed by atoms with Crippen LogP contribution in [-0.2, 0) is 6.54 Å². The van der Waals surface area contributed by atoms with Gasteiger partial charge in [-0.05, 0) is 50.2 Å². The molecule has 1 amide bonds. The molecule has 0 bridgehead atoms. The quantitative estimate of drug-likeness (QED) is 0.765. The Morgan fingerprint density at radius 2 is 1.88 bits per heavy atom. The van der Waals surface area contributed by atoms with Crippen LogP contribution in [0.5, 0.6) is 11.5 Å². The van der Waals surface area contributed by atoms with Gasteiger partial charge in [0.2, 0.25) is 0 Å². The molecule has 2 rings (SSSR count). The number of anilines is 1. The molecule has 2 N–H and O–H groups in total. The molecule has 0 aliphatic carbocycles. The standard InChI is InChI=1S/C20H26N2O3/c1-5-21-13-16-8-6-7-9-17(16)22-20(23)15-10-11-18(25-14(2)3)19(12-15)24-4/h6-12,14,21H,5,13H2,1-4H3,(H,22,23). The van der Waals surface area contributed by atoms with E-state index in [-0.39, 0.29) is 12.0 Å². The molecule has 5 heteroatoms. The Morgan fingerprint density at radius 3 is 2.56 bits per heavy atom. The summed E-state index contributed by atoms with van der Waals surface area (Å²) in [6.07, 6.45) is 0.0338. The summed E-state index contributed by atoms with van der Waals surface area (Å²) in [5.41, 5.74) is 2.37. The van der Waals surface area contributed by atoms with Crippen molar-refractivity contribution in [1.29, 1.82) is 0 Å². The third-order valence-corrected chi connectivity index (χ3v) is 3.62. The second kappa shape index (κ2) is 9.08. The van der Waals surface area contributed by atoms with Gasteiger partial charge in [-0.1, -0.05) is 25.1 Å². The van der Waals surface area contributed by atoms with Gasteiger partial charge in [-0.3, -0.25) is 4.79 Å². The number of hydrogen-bond donors (Lipinski definition) is 2. The lowest BCUT2D eigenvalue weighted by Gasteiger charge is -2.15. The summed E-state index contributed by atoms with van der Waals surface area (Å²) in [6.45, 7) is 7.52. The molecule has 2 aromatic carbocycles. The smallest absolute Gasteiger partial charge is 0.255 e. The molecule has 0 heterocycles. The number of hydrogen-bond acceptors (Lipinski definition) is 4. The maximum Gasteiger partial charge on any atom is 0.255 e. The van der Waals surface area contributed by atoms with E-state index in [1.807, 2.05) is 45.0 Å². The van der Waals surface area contributed by atoms with E-state index in [0.717, 1.165) is 17.8 Å². The van der Waals surface area contributed by atoms with Crippen molar-refractivity contribution in [3.05, 3.63) is 53.6 Å². The molecule has 25 heavy (non-hydrogen) atoms.